The van der Waals surface area contributed by atoms with Crippen molar-refractivity contribution in [3.8, 4) is 0 Å². The molecule has 0 aliphatic rings. The fourth-order valence-electron chi connectivity index (χ4n) is 1.12. The van der Waals surface area contributed by atoms with Gasteiger partial charge in [-0.3, -0.25) is 14.9 Å². The standard InChI is InChI=1S/C11H10N2O5.ClH/c1-12(11(15)16)10(14)6-5-8-3-2-4-9(7-8)13(17)18;/h2-7H,1H3,(H,15,16);1H. The van der Waals surface area contributed by atoms with E-state index in [1.54, 1.807) is 6.07 Å². The molecule has 8 heteroatoms. The Bertz CT molecular complexity index is 530. The number of halogens is 1. The number of benzene rings is 1. The summed E-state index contributed by atoms with van der Waals surface area (Å²) in [4.78, 5) is 32.3. The summed E-state index contributed by atoms with van der Waals surface area (Å²) in [5.74, 6) is -0.728. The molecule has 0 radical (unpaired) electrons. The van der Waals surface area contributed by atoms with Crippen LogP contribution in [-0.2, 0) is 4.79 Å². The third-order valence-electron chi connectivity index (χ3n) is 2.12. The first-order valence-corrected chi connectivity index (χ1v) is 4.85. The fourth-order valence-corrected chi connectivity index (χ4v) is 1.12. The van der Waals surface area contributed by atoms with Crippen molar-refractivity contribution in [2.24, 2.45) is 0 Å². The second-order valence-corrected chi connectivity index (χ2v) is 3.37. The van der Waals surface area contributed by atoms with Crippen LogP contribution in [0.15, 0.2) is 30.3 Å². The highest BCUT2D eigenvalue weighted by atomic mass is 35.5. The number of rotatable bonds is 3. The minimum absolute atomic E-state index is 0. The van der Waals surface area contributed by atoms with Gasteiger partial charge in [0.25, 0.3) is 11.6 Å². The summed E-state index contributed by atoms with van der Waals surface area (Å²) in [7, 11) is 1.11. The molecule has 0 unspecified atom stereocenters. The van der Waals surface area contributed by atoms with Crippen molar-refractivity contribution in [3.05, 3.63) is 46.0 Å². The molecule has 0 aromatic heterocycles. The number of carboxylic acid groups (broad SMARTS) is 1. The van der Waals surface area contributed by atoms with Gasteiger partial charge in [0.15, 0.2) is 0 Å². The van der Waals surface area contributed by atoms with Gasteiger partial charge in [-0.1, -0.05) is 12.1 Å². The Morgan fingerprint density at radius 2 is 2.05 bits per heavy atom. The molecule has 19 heavy (non-hydrogen) atoms. The zero-order valence-corrected chi connectivity index (χ0v) is 10.7. The van der Waals surface area contributed by atoms with Crippen molar-refractivity contribution in [3.63, 3.8) is 0 Å². The maximum atomic E-state index is 11.3. The summed E-state index contributed by atoms with van der Waals surface area (Å²) in [5.41, 5.74) is 0.340. The zero-order valence-electron chi connectivity index (χ0n) is 9.85. The van der Waals surface area contributed by atoms with Crippen LogP contribution in [0.1, 0.15) is 5.56 Å². The van der Waals surface area contributed by atoms with Crippen molar-refractivity contribution in [1.29, 1.82) is 0 Å². The van der Waals surface area contributed by atoms with Gasteiger partial charge in [-0.05, 0) is 11.6 Å². The lowest BCUT2D eigenvalue weighted by Gasteiger charge is -2.06. The van der Waals surface area contributed by atoms with Gasteiger partial charge in [0.1, 0.15) is 0 Å². The van der Waals surface area contributed by atoms with Crippen molar-refractivity contribution in [2.45, 2.75) is 0 Å². The van der Waals surface area contributed by atoms with E-state index in [9.17, 15) is 19.7 Å². The van der Waals surface area contributed by atoms with Crippen molar-refractivity contribution in [1.82, 2.24) is 4.90 Å². The van der Waals surface area contributed by atoms with E-state index in [1.807, 2.05) is 0 Å². The van der Waals surface area contributed by atoms with E-state index in [0.717, 1.165) is 13.1 Å². The maximum Gasteiger partial charge on any atom is 0.414 e. The molecule has 0 aliphatic heterocycles. The molecule has 0 saturated carbocycles. The molecule has 0 spiro atoms. The van der Waals surface area contributed by atoms with Gasteiger partial charge in [-0.25, -0.2) is 9.69 Å². The highest BCUT2D eigenvalue weighted by molar-refractivity contribution is 6.00. The monoisotopic (exact) mass is 286 g/mol. The summed E-state index contributed by atoms with van der Waals surface area (Å²) >= 11 is 0. The number of carbonyl (C=O) groups excluding carboxylic acids is 1. The van der Waals surface area contributed by atoms with Crippen LogP contribution in [-0.4, -0.2) is 34.0 Å². The summed E-state index contributed by atoms with van der Waals surface area (Å²) < 4.78 is 0. The van der Waals surface area contributed by atoms with E-state index >= 15 is 0 Å². The van der Waals surface area contributed by atoms with Gasteiger partial charge >= 0.3 is 6.09 Å². The average molecular weight is 287 g/mol. The highest BCUT2D eigenvalue weighted by Gasteiger charge is 2.11. The van der Waals surface area contributed by atoms with Crippen LogP contribution < -0.4 is 0 Å². The number of hydrogen-bond acceptors (Lipinski definition) is 4. The molecular weight excluding hydrogens is 276 g/mol. The van der Waals surface area contributed by atoms with Crippen LogP contribution in [0.25, 0.3) is 6.08 Å². The Kier molecular flexibility index (Phi) is 6.22. The van der Waals surface area contributed by atoms with E-state index < -0.39 is 16.9 Å². The number of likely N-dealkylation sites (N-methyl/N-ethyl adjacent to an activating group) is 1. The second kappa shape index (κ2) is 7.12. The normalized spacial score (nSPS) is 9.74. The predicted octanol–water partition coefficient (Wildman–Crippen LogP) is 2.17. The summed E-state index contributed by atoms with van der Waals surface area (Å²) in [5, 5.41) is 19.1. The Hall–Kier alpha value is -2.41. The van der Waals surface area contributed by atoms with E-state index in [1.165, 1.54) is 24.3 Å². The van der Waals surface area contributed by atoms with E-state index in [4.69, 9.17) is 5.11 Å². The van der Waals surface area contributed by atoms with Gasteiger partial charge in [-0.2, -0.15) is 0 Å². The minimum Gasteiger partial charge on any atom is -0.465 e. The molecule has 0 bridgehead atoms. The number of imide groups is 1. The van der Waals surface area contributed by atoms with E-state index in [-0.39, 0.29) is 18.1 Å². The molecule has 1 rings (SSSR count). The van der Waals surface area contributed by atoms with Crippen molar-refractivity contribution >= 4 is 36.2 Å². The molecule has 0 atom stereocenters. The van der Waals surface area contributed by atoms with Crippen LogP contribution in [0, 0.1) is 10.1 Å². The SMILES string of the molecule is CN(C(=O)O)C(=O)C=Cc1cccc([N+](=O)[O-])c1.Cl. The third-order valence-corrected chi connectivity index (χ3v) is 2.12. The first kappa shape index (κ1) is 16.6. The number of nitro benzene ring substituents is 1. The lowest BCUT2D eigenvalue weighted by molar-refractivity contribution is -0.384. The summed E-state index contributed by atoms with van der Waals surface area (Å²) in [6.45, 7) is 0. The second-order valence-electron chi connectivity index (χ2n) is 3.37. The zero-order chi connectivity index (χ0) is 13.7. The topological polar surface area (TPSA) is 101 Å². The third kappa shape index (κ3) is 4.76. The first-order valence-electron chi connectivity index (χ1n) is 4.85. The van der Waals surface area contributed by atoms with Gasteiger partial charge < -0.3 is 5.11 Å². The quantitative estimate of drug-likeness (QED) is 0.521. The molecule has 0 saturated heterocycles. The molecule has 1 N–H and O–H groups in total. The maximum absolute atomic E-state index is 11.3. The lowest BCUT2D eigenvalue weighted by Crippen LogP contribution is -2.29. The number of nitro groups is 1. The van der Waals surface area contributed by atoms with Crippen LogP contribution in [0.3, 0.4) is 0 Å². The van der Waals surface area contributed by atoms with Crippen LogP contribution in [0.5, 0.6) is 0 Å². The first-order chi connectivity index (χ1) is 8.41. The smallest absolute Gasteiger partial charge is 0.414 e. The van der Waals surface area contributed by atoms with E-state index in [2.05, 4.69) is 0 Å². The lowest BCUT2D eigenvalue weighted by atomic mass is 10.2. The predicted molar refractivity (Wildman–Crippen MR) is 70.2 cm³/mol. The molecule has 1 aromatic carbocycles. The van der Waals surface area contributed by atoms with Crippen LogP contribution >= 0.6 is 12.4 Å². The molecule has 2 amide bonds. The van der Waals surface area contributed by atoms with Gasteiger partial charge in [0.05, 0.1) is 4.92 Å². The fraction of sp³-hybridized carbons (Fsp3) is 0.0909. The average Bonchev–Trinajstić information content (AvgIpc) is 2.35. The van der Waals surface area contributed by atoms with Crippen LogP contribution in [0.4, 0.5) is 10.5 Å². The van der Waals surface area contributed by atoms with Crippen molar-refractivity contribution < 1.29 is 19.6 Å². The molecule has 102 valence electrons. The molecule has 0 aliphatic carbocycles. The van der Waals surface area contributed by atoms with Gasteiger partial charge in [0.2, 0.25) is 0 Å². The Morgan fingerprint density at radius 1 is 1.42 bits per heavy atom. The highest BCUT2D eigenvalue weighted by Crippen LogP contribution is 2.14. The number of non-ortho nitro benzene ring substituents is 1. The van der Waals surface area contributed by atoms with Crippen molar-refractivity contribution in [2.75, 3.05) is 7.05 Å². The van der Waals surface area contributed by atoms with E-state index in [0.29, 0.717) is 10.5 Å². The number of carbonyl (C=O) groups is 2. The van der Waals surface area contributed by atoms with Crippen LogP contribution in [0.2, 0.25) is 0 Å². The summed E-state index contributed by atoms with van der Waals surface area (Å²) in [6.07, 6.45) is 0.978. The molecule has 7 nitrogen and oxygen atoms in total. The summed E-state index contributed by atoms with van der Waals surface area (Å²) in [6, 6.07) is 5.65. The number of nitrogens with zero attached hydrogens (tertiary/aromatic N) is 2. The Morgan fingerprint density at radius 3 is 2.58 bits per heavy atom. The van der Waals surface area contributed by atoms with Gasteiger partial charge in [0, 0.05) is 25.3 Å². The molecular formula is C11H11ClN2O5. The van der Waals surface area contributed by atoms with Gasteiger partial charge in [-0.15, -0.1) is 12.4 Å². The largest absolute Gasteiger partial charge is 0.465 e. The number of amides is 2. The minimum atomic E-state index is -1.37. The Labute approximate surface area is 114 Å². The molecule has 0 heterocycles. The number of hydrogen-bond donors (Lipinski definition) is 1. The molecule has 0 fully saturated rings. The Balaban J connectivity index is 0.00000324. The molecule has 1 aromatic rings.